The highest BCUT2D eigenvalue weighted by Crippen LogP contribution is 2.35. The number of aliphatic imine (C=N–C) groups is 2. The molecule has 11 nitrogen and oxygen atoms in total. The largest absolute Gasteiger partial charge is 0.454 e. The summed E-state index contributed by atoms with van der Waals surface area (Å²) in [6.45, 7) is 0.455. The van der Waals surface area contributed by atoms with Crippen molar-refractivity contribution >= 4 is 45.9 Å². The molecule has 2 aromatic carbocycles. The number of thioether (sulfide) groups is 1. The summed E-state index contributed by atoms with van der Waals surface area (Å²) in [5.41, 5.74) is 3.17. The fourth-order valence-electron chi connectivity index (χ4n) is 4.85. The summed E-state index contributed by atoms with van der Waals surface area (Å²) in [5.74, 6) is 1.46. The average Bonchev–Trinajstić information content (AvgIpc) is 3.59. The van der Waals surface area contributed by atoms with Crippen molar-refractivity contribution in [2.75, 3.05) is 6.79 Å². The maximum atomic E-state index is 13.6. The fourth-order valence-corrected chi connectivity index (χ4v) is 5.74. The second-order valence-electron chi connectivity index (χ2n) is 9.53. The van der Waals surface area contributed by atoms with E-state index in [0.717, 1.165) is 11.1 Å². The van der Waals surface area contributed by atoms with E-state index in [0.29, 0.717) is 45.3 Å². The number of hydrogen-bond acceptors (Lipinski definition) is 9. The van der Waals surface area contributed by atoms with Crippen molar-refractivity contribution in [2.24, 2.45) is 9.98 Å². The molecule has 2 amide bonds. The zero-order valence-corrected chi connectivity index (χ0v) is 22.3. The molecule has 0 radical (unpaired) electrons. The first-order chi connectivity index (χ1) is 20.0. The minimum atomic E-state index is -0.887. The van der Waals surface area contributed by atoms with E-state index in [1.54, 1.807) is 24.4 Å². The van der Waals surface area contributed by atoms with Crippen LogP contribution in [0.4, 0.5) is 5.69 Å². The van der Waals surface area contributed by atoms with Gasteiger partial charge in [-0.05, 0) is 42.0 Å². The molecule has 1 N–H and O–H groups in total. The molecule has 3 aliphatic heterocycles. The van der Waals surface area contributed by atoms with Gasteiger partial charge in [0.25, 0.3) is 11.5 Å². The molecule has 12 heteroatoms. The van der Waals surface area contributed by atoms with Gasteiger partial charge >= 0.3 is 0 Å². The van der Waals surface area contributed by atoms with Gasteiger partial charge in [-0.2, -0.15) is 0 Å². The SMILES string of the molecule is O=C(C[C@H]1N=C2c3ccccc3N=C(SCc3cc(=O)n4ccccc4n3)N2C1=O)NCc1ccc2c(c1)OCO2. The van der Waals surface area contributed by atoms with Gasteiger partial charge in [-0.1, -0.05) is 36.0 Å². The van der Waals surface area contributed by atoms with Crippen LogP contribution in [0.15, 0.2) is 87.7 Å². The number of amides is 2. The van der Waals surface area contributed by atoms with Gasteiger partial charge in [0.15, 0.2) is 16.7 Å². The molecule has 3 aliphatic rings. The number of nitrogens with zero attached hydrogens (tertiary/aromatic N) is 5. The van der Waals surface area contributed by atoms with Gasteiger partial charge in [-0.15, -0.1) is 0 Å². The van der Waals surface area contributed by atoms with Crippen molar-refractivity contribution < 1.29 is 19.1 Å². The standard InChI is InChI=1S/C29H22N6O5S/c36-25(30-14-17-8-9-22-23(11-17)40-16-39-22)13-21-28(38)35-27(32-21)19-5-1-2-6-20(19)33-29(35)41-15-18-12-26(37)34-10-4-3-7-24(34)31-18/h1-12,21H,13-16H2,(H,30,36)/t21-/m1/s1. The van der Waals surface area contributed by atoms with Gasteiger partial charge in [0.2, 0.25) is 12.7 Å². The molecular formula is C29H22N6O5S. The second-order valence-corrected chi connectivity index (χ2v) is 10.5. The molecule has 0 bridgehead atoms. The predicted octanol–water partition coefficient (Wildman–Crippen LogP) is 3.02. The van der Waals surface area contributed by atoms with Crippen LogP contribution in [0.3, 0.4) is 0 Å². The second kappa shape index (κ2) is 10.2. The zero-order chi connectivity index (χ0) is 27.9. The Kier molecular flexibility index (Phi) is 6.23. The molecule has 0 fully saturated rings. The fraction of sp³-hybridized carbons (Fsp3) is 0.172. The minimum Gasteiger partial charge on any atom is -0.454 e. The van der Waals surface area contributed by atoms with Crippen molar-refractivity contribution in [1.29, 1.82) is 0 Å². The van der Waals surface area contributed by atoms with Crippen LogP contribution in [0.2, 0.25) is 0 Å². The van der Waals surface area contributed by atoms with Gasteiger partial charge in [0, 0.05) is 30.1 Å². The molecule has 41 heavy (non-hydrogen) atoms. The summed E-state index contributed by atoms with van der Waals surface area (Å²) >= 11 is 1.29. The van der Waals surface area contributed by atoms with Crippen LogP contribution < -0.4 is 20.3 Å². The molecule has 0 unspecified atom stereocenters. The monoisotopic (exact) mass is 566 g/mol. The Hall–Kier alpha value is -4.97. The van der Waals surface area contributed by atoms with Crippen LogP contribution in [-0.4, -0.2) is 49.9 Å². The molecule has 4 aromatic rings. The maximum absolute atomic E-state index is 13.6. The molecule has 204 valence electrons. The van der Waals surface area contributed by atoms with Crippen molar-refractivity contribution in [3.05, 3.63) is 100 Å². The third kappa shape index (κ3) is 4.72. The van der Waals surface area contributed by atoms with E-state index < -0.39 is 6.04 Å². The lowest BCUT2D eigenvalue weighted by molar-refractivity contribution is -0.128. The number of ether oxygens (including phenoxy) is 2. The smallest absolute Gasteiger partial charge is 0.259 e. The van der Waals surface area contributed by atoms with Gasteiger partial charge in [0.05, 0.1) is 17.8 Å². The van der Waals surface area contributed by atoms with E-state index in [2.05, 4.69) is 15.3 Å². The maximum Gasteiger partial charge on any atom is 0.259 e. The van der Waals surface area contributed by atoms with Gasteiger partial charge < -0.3 is 14.8 Å². The van der Waals surface area contributed by atoms with Crippen molar-refractivity contribution in [3.8, 4) is 11.5 Å². The summed E-state index contributed by atoms with van der Waals surface area (Å²) < 4.78 is 12.2. The van der Waals surface area contributed by atoms with Crippen LogP contribution in [0.25, 0.3) is 5.65 Å². The summed E-state index contributed by atoms with van der Waals surface area (Å²) in [6, 6.07) is 18.8. The molecule has 0 aliphatic carbocycles. The third-order valence-corrected chi connectivity index (χ3v) is 7.80. The first-order valence-corrected chi connectivity index (χ1v) is 13.9. The van der Waals surface area contributed by atoms with Crippen molar-refractivity contribution in [2.45, 2.75) is 24.8 Å². The Bertz CT molecular complexity index is 1850. The minimum absolute atomic E-state index is 0.105. The van der Waals surface area contributed by atoms with E-state index in [4.69, 9.17) is 14.5 Å². The molecule has 2 aromatic heterocycles. The first-order valence-electron chi connectivity index (χ1n) is 12.9. The number of benzene rings is 2. The molecule has 5 heterocycles. The Morgan fingerprint density at radius 2 is 1.88 bits per heavy atom. The molecule has 7 rings (SSSR count). The van der Waals surface area contributed by atoms with Crippen LogP contribution in [0.1, 0.15) is 23.2 Å². The predicted molar refractivity (Wildman–Crippen MR) is 152 cm³/mol. The van der Waals surface area contributed by atoms with Crippen LogP contribution in [-0.2, 0) is 21.9 Å². The number of carbonyl (C=O) groups excluding carboxylic acids is 2. The van der Waals surface area contributed by atoms with E-state index in [-0.39, 0.29) is 37.1 Å². The number of para-hydroxylation sites is 1. The summed E-state index contributed by atoms with van der Waals surface area (Å²) in [4.78, 5) is 54.4. The van der Waals surface area contributed by atoms with E-state index in [1.165, 1.54) is 27.1 Å². The lowest BCUT2D eigenvalue weighted by Gasteiger charge is -2.25. The Balaban J connectivity index is 1.08. The average molecular weight is 567 g/mol. The van der Waals surface area contributed by atoms with Gasteiger partial charge in [0.1, 0.15) is 17.5 Å². The molecular weight excluding hydrogens is 544 g/mol. The highest BCUT2D eigenvalue weighted by molar-refractivity contribution is 8.13. The van der Waals surface area contributed by atoms with E-state index in [9.17, 15) is 14.4 Å². The quantitative estimate of drug-likeness (QED) is 0.380. The number of fused-ring (bicyclic) bond motifs is 5. The topological polar surface area (TPSA) is 127 Å². The van der Waals surface area contributed by atoms with Crippen molar-refractivity contribution in [3.63, 3.8) is 0 Å². The number of carbonyl (C=O) groups is 2. The molecule has 0 spiro atoms. The van der Waals surface area contributed by atoms with Crippen LogP contribution in [0, 0.1) is 0 Å². The lowest BCUT2D eigenvalue weighted by atomic mass is 10.1. The molecule has 1 atom stereocenters. The highest BCUT2D eigenvalue weighted by atomic mass is 32.2. The van der Waals surface area contributed by atoms with Gasteiger partial charge in [-0.3, -0.25) is 23.8 Å². The number of rotatable bonds is 6. The Morgan fingerprint density at radius 3 is 2.80 bits per heavy atom. The van der Waals surface area contributed by atoms with E-state index in [1.807, 2.05) is 42.5 Å². The molecule has 0 saturated carbocycles. The summed E-state index contributed by atoms with van der Waals surface area (Å²) in [7, 11) is 0. The van der Waals surface area contributed by atoms with Crippen LogP contribution >= 0.6 is 11.8 Å². The third-order valence-electron chi connectivity index (χ3n) is 6.83. The molecule has 0 saturated heterocycles. The summed E-state index contributed by atoms with van der Waals surface area (Å²) in [6.07, 6.45) is 1.56. The lowest BCUT2D eigenvalue weighted by Crippen LogP contribution is -2.42. The normalized spacial score (nSPS) is 16.7. The first kappa shape index (κ1) is 25.0. The van der Waals surface area contributed by atoms with Gasteiger partial charge in [-0.25, -0.2) is 14.9 Å². The number of hydrogen-bond donors (Lipinski definition) is 1. The van der Waals surface area contributed by atoms with E-state index >= 15 is 0 Å². The highest BCUT2D eigenvalue weighted by Gasteiger charge is 2.42. The Morgan fingerprint density at radius 1 is 1.02 bits per heavy atom. The van der Waals surface area contributed by atoms with Crippen molar-refractivity contribution in [1.82, 2.24) is 19.6 Å². The summed E-state index contributed by atoms with van der Waals surface area (Å²) in [5, 5.41) is 3.29. The number of aromatic nitrogens is 2. The number of nitrogens with one attached hydrogen (secondary N) is 1. The number of amidine groups is 2. The zero-order valence-electron chi connectivity index (χ0n) is 21.5. The number of pyridine rings is 1. The Labute approximate surface area is 237 Å². The van der Waals surface area contributed by atoms with Crippen LogP contribution in [0.5, 0.6) is 11.5 Å².